The SMILES string of the molecule is CCC(O)c1nccn1C.NCC(=O)O. The second kappa shape index (κ2) is 6.97. The number of aliphatic hydroxyl groups is 1. The van der Waals surface area contributed by atoms with Gasteiger partial charge in [0.2, 0.25) is 0 Å². The number of imidazole rings is 1. The zero-order chi connectivity index (χ0) is 11.8. The molecule has 0 aliphatic carbocycles. The van der Waals surface area contributed by atoms with Crippen molar-refractivity contribution in [3.8, 4) is 0 Å². The molecule has 1 rings (SSSR count). The third-order valence-electron chi connectivity index (χ3n) is 1.72. The Hall–Kier alpha value is -1.40. The summed E-state index contributed by atoms with van der Waals surface area (Å²) < 4.78 is 1.83. The third-order valence-corrected chi connectivity index (χ3v) is 1.72. The van der Waals surface area contributed by atoms with E-state index in [1.165, 1.54) is 0 Å². The van der Waals surface area contributed by atoms with Gasteiger partial charge in [0.25, 0.3) is 0 Å². The van der Waals surface area contributed by atoms with Crippen LogP contribution in [-0.4, -0.2) is 32.3 Å². The average molecular weight is 215 g/mol. The summed E-state index contributed by atoms with van der Waals surface area (Å²) in [6, 6.07) is 0. The number of nitrogens with zero attached hydrogens (tertiary/aromatic N) is 2. The summed E-state index contributed by atoms with van der Waals surface area (Å²) in [5.41, 5.74) is 4.57. The fraction of sp³-hybridized carbons (Fsp3) is 0.556. The predicted molar refractivity (Wildman–Crippen MR) is 55.1 cm³/mol. The summed E-state index contributed by atoms with van der Waals surface area (Å²) in [5.74, 6) is -0.229. The molecule has 6 nitrogen and oxygen atoms in total. The minimum atomic E-state index is -0.968. The van der Waals surface area contributed by atoms with Crippen molar-refractivity contribution in [2.24, 2.45) is 12.8 Å². The molecule has 1 atom stereocenters. The van der Waals surface area contributed by atoms with Gasteiger partial charge in [0.15, 0.2) is 0 Å². The van der Waals surface area contributed by atoms with Crippen molar-refractivity contribution in [2.45, 2.75) is 19.4 Å². The minimum absolute atomic E-state index is 0.278. The predicted octanol–water partition coefficient (Wildman–Crippen LogP) is -0.107. The molecule has 0 aliphatic rings. The van der Waals surface area contributed by atoms with Crippen LogP contribution in [0, 0.1) is 0 Å². The van der Waals surface area contributed by atoms with Crippen LogP contribution >= 0.6 is 0 Å². The number of aliphatic carboxylic acids is 1. The molecule has 0 fully saturated rings. The fourth-order valence-electron chi connectivity index (χ4n) is 0.881. The summed E-state index contributed by atoms with van der Waals surface area (Å²) in [4.78, 5) is 13.2. The number of carboxylic acids is 1. The van der Waals surface area contributed by atoms with Crippen LogP contribution in [-0.2, 0) is 11.8 Å². The van der Waals surface area contributed by atoms with Gasteiger partial charge in [-0.15, -0.1) is 0 Å². The summed E-state index contributed by atoms with van der Waals surface area (Å²) in [6.45, 7) is 1.65. The molecule has 86 valence electrons. The van der Waals surface area contributed by atoms with Crippen LogP contribution in [0.4, 0.5) is 0 Å². The topological polar surface area (TPSA) is 101 Å². The highest BCUT2D eigenvalue weighted by molar-refractivity contribution is 5.68. The van der Waals surface area contributed by atoms with Crippen LogP contribution < -0.4 is 5.73 Å². The van der Waals surface area contributed by atoms with E-state index >= 15 is 0 Å². The van der Waals surface area contributed by atoms with Crippen molar-refractivity contribution in [3.05, 3.63) is 18.2 Å². The molecule has 0 bridgehead atoms. The van der Waals surface area contributed by atoms with Gasteiger partial charge in [0.1, 0.15) is 11.9 Å². The zero-order valence-corrected chi connectivity index (χ0v) is 8.92. The van der Waals surface area contributed by atoms with E-state index in [0.29, 0.717) is 6.42 Å². The smallest absolute Gasteiger partial charge is 0.317 e. The van der Waals surface area contributed by atoms with E-state index in [4.69, 9.17) is 5.11 Å². The molecule has 1 heterocycles. The van der Waals surface area contributed by atoms with Crippen LogP contribution in [0.1, 0.15) is 25.3 Å². The van der Waals surface area contributed by atoms with Gasteiger partial charge in [-0.3, -0.25) is 4.79 Å². The van der Waals surface area contributed by atoms with Crippen molar-refractivity contribution < 1.29 is 15.0 Å². The first-order valence-corrected chi connectivity index (χ1v) is 4.60. The quantitative estimate of drug-likeness (QED) is 0.653. The van der Waals surface area contributed by atoms with E-state index in [-0.39, 0.29) is 6.54 Å². The highest BCUT2D eigenvalue weighted by Crippen LogP contribution is 2.11. The van der Waals surface area contributed by atoms with Gasteiger partial charge in [-0.1, -0.05) is 6.92 Å². The summed E-state index contributed by atoms with van der Waals surface area (Å²) in [6.07, 6.45) is 3.81. The molecule has 0 radical (unpaired) electrons. The van der Waals surface area contributed by atoms with Crippen molar-refractivity contribution in [2.75, 3.05) is 6.54 Å². The Morgan fingerprint density at radius 2 is 2.27 bits per heavy atom. The number of rotatable bonds is 3. The monoisotopic (exact) mass is 215 g/mol. The minimum Gasteiger partial charge on any atom is -0.480 e. The Kier molecular flexibility index (Phi) is 6.32. The van der Waals surface area contributed by atoms with Crippen molar-refractivity contribution in [1.29, 1.82) is 0 Å². The standard InChI is InChI=1S/C7H12N2O.C2H5NO2/c1-3-6(10)7-8-4-5-9(7)2;3-1-2(4)5/h4-6,10H,3H2,1-2H3;1,3H2,(H,4,5). The van der Waals surface area contributed by atoms with Gasteiger partial charge in [-0.25, -0.2) is 4.98 Å². The molecule has 0 saturated carbocycles. The highest BCUT2D eigenvalue weighted by atomic mass is 16.4. The highest BCUT2D eigenvalue weighted by Gasteiger charge is 2.07. The maximum atomic E-state index is 9.32. The maximum absolute atomic E-state index is 9.32. The van der Waals surface area contributed by atoms with E-state index in [1.807, 2.05) is 24.7 Å². The molecule has 1 aromatic heterocycles. The van der Waals surface area contributed by atoms with Gasteiger partial charge in [0, 0.05) is 19.4 Å². The molecule has 0 saturated heterocycles. The number of nitrogens with two attached hydrogens (primary N) is 1. The second-order valence-electron chi connectivity index (χ2n) is 2.92. The lowest BCUT2D eigenvalue weighted by Crippen LogP contribution is -2.10. The lowest BCUT2D eigenvalue weighted by Gasteiger charge is -2.05. The maximum Gasteiger partial charge on any atom is 0.317 e. The number of hydrogen-bond donors (Lipinski definition) is 3. The van der Waals surface area contributed by atoms with E-state index in [9.17, 15) is 9.90 Å². The first-order valence-electron chi connectivity index (χ1n) is 4.60. The second-order valence-corrected chi connectivity index (χ2v) is 2.92. The van der Waals surface area contributed by atoms with Crippen molar-refractivity contribution in [1.82, 2.24) is 9.55 Å². The normalized spacial score (nSPS) is 11.5. The number of aryl methyl sites for hydroxylation is 1. The molecular weight excluding hydrogens is 198 g/mol. The molecule has 0 aliphatic heterocycles. The van der Waals surface area contributed by atoms with Crippen LogP contribution in [0.15, 0.2) is 12.4 Å². The van der Waals surface area contributed by atoms with Crippen LogP contribution in [0.5, 0.6) is 0 Å². The average Bonchev–Trinajstić information content (AvgIpc) is 2.64. The molecule has 6 heteroatoms. The summed E-state index contributed by atoms with van der Waals surface area (Å²) in [5, 5.41) is 16.9. The van der Waals surface area contributed by atoms with Crippen LogP contribution in [0.25, 0.3) is 0 Å². The molecule has 15 heavy (non-hydrogen) atoms. The Labute approximate surface area is 88.4 Å². The Bertz CT molecular complexity index is 299. The molecule has 0 amide bonds. The third kappa shape index (κ3) is 5.14. The van der Waals surface area contributed by atoms with Gasteiger partial charge in [0.05, 0.1) is 6.54 Å². The zero-order valence-electron chi connectivity index (χ0n) is 8.92. The Morgan fingerprint density at radius 1 is 1.73 bits per heavy atom. The molecule has 1 unspecified atom stereocenters. The summed E-state index contributed by atoms with van der Waals surface area (Å²) >= 11 is 0. The van der Waals surface area contributed by atoms with E-state index in [1.54, 1.807) is 6.20 Å². The van der Waals surface area contributed by atoms with Gasteiger partial charge < -0.3 is 20.5 Å². The first-order chi connectivity index (χ1) is 7.02. The summed E-state index contributed by atoms with van der Waals surface area (Å²) in [7, 11) is 1.88. The van der Waals surface area contributed by atoms with Crippen molar-refractivity contribution >= 4 is 5.97 Å². The van der Waals surface area contributed by atoms with Crippen LogP contribution in [0.3, 0.4) is 0 Å². The number of carboxylic acid groups (broad SMARTS) is 1. The van der Waals surface area contributed by atoms with Gasteiger partial charge in [-0.05, 0) is 6.42 Å². The van der Waals surface area contributed by atoms with Crippen LogP contribution in [0.2, 0.25) is 0 Å². The molecule has 1 aromatic rings. The van der Waals surface area contributed by atoms with E-state index in [2.05, 4.69) is 10.7 Å². The largest absolute Gasteiger partial charge is 0.480 e. The lowest BCUT2D eigenvalue weighted by atomic mass is 10.3. The Balaban J connectivity index is 0.000000336. The Morgan fingerprint density at radius 3 is 2.53 bits per heavy atom. The van der Waals surface area contributed by atoms with E-state index < -0.39 is 12.1 Å². The molecule has 0 aromatic carbocycles. The molecular formula is C9H17N3O3. The first kappa shape index (κ1) is 13.6. The number of hydrogen-bond acceptors (Lipinski definition) is 4. The van der Waals surface area contributed by atoms with Gasteiger partial charge >= 0.3 is 5.97 Å². The number of carbonyl (C=O) groups is 1. The van der Waals surface area contributed by atoms with Crippen molar-refractivity contribution in [3.63, 3.8) is 0 Å². The number of aromatic nitrogens is 2. The molecule has 0 spiro atoms. The lowest BCUT2D eigenvalue weighted by molar-refractivity contribution is -0.135. The fourth-order valence-corrected chi connectivity index (χ4v) is 0.881. The van der Waals surface area contributed by atoms with Gasteiger partial charge in [-0.2, -0.15) is 0 Å². The van der Waals surface area contributed by atoms with E-state index in [0.717, 1.165) is 5.82 Å². The molecule has 4 N–H and O–H groups in total. The number of aliphatic hydroxyl groups excluding tert-OH is 1.